The minimum absolute atomic E-state index is 0. The minimum atomic E-state index is -0.0295. The fourth-order valence-electron chi connectivity index (χ4n) is 2.68. The molecule has 132 valence electrons. The Kier molecular flexibility index (Phi) is 10.2. The number of rotatable bonds is 6. The van der Waals surface area contributed by atoms with Gasteiger partial charge in [0.15, 0.2) is 0 Å². The zero-order valence-electron chi connectivity index (χ0n) is 13.9. The molecular weight excluding hydrogens is 337 g/mol. The van der Waals surface area contributed by atoms with Gasteiger partial charge in [-0.15, -0.1) is 24.8 Å². The van der Waals surface area contributed by atoms with Crippen LogP contribution in [0.2, 0.25) is 0 Å². The third-order valence-electron chi connectivity index (χ3n) is 3.95. The Hall–Kier alpha value is -1.01. The fraction of sp³-hybridized carbons (Fsp3) is 0.562. The molecule has 0 saturated carbocycles. The third-order valence-corrected chi connectivity index (χ3v) is 3.95. The van der Waals surface area contributed by atoms with E-state index < -0.39 is 0 Å². The van der Waals surface area contributed by atoms with Gasteiger partial charge in [0.1, 0.15) is 5.75 Å². The maximum atomic E-state index is 12.1. The molecule has 1 fully saturated rings. The first-order chi connectivity index (χ1) is 10.1. The highest BCUT2D eigenvalue weighted by molar-refractivity contribution is 5.85. The molecule has 1 aromatic carbocycles. The molecule has 1 aliphatic rings. The van der Waals surface area contributed by atoms with E-state index in [4.69, 9.17) is 4.74 Å². The molecule has 0 radical (unpaired) electrons. The van der Waals surface area contributed by atoms with Gasteiger partial charge >= 0.3 is 0 Å². The quantitative estimate of drug-likeness (QED) is 0.811. The summed E-state index contributed by atoms with van der Waals surface area (Å²) in [5, 5.41) is 6.28. The lowest BCUT2D eigenvalue weighted by Crippen LogP contribution is -2.43. The molecule has 7 heteroatoms. The van der Waals surface area contributed by atoms with Crippen molar-refractivity contribution in [2.24, 2.45) is 0 Å². The molecular formula is C16H27Cl2N3O2. The topological polar surface area (TPSA) is 53.6 Å². The normalized spacial score (nSPS) is 17.8. The molecule has 1 unspecified atom stereocenters. The smallest absolute Gasteiger partial charge is 0.237 e. The maximum absolute atomic E-state index is 12.1. The molecule has 1 aliphatic heterocycles. The van der Waals surface area contributed by atoms with Crippen molar-refractivity contribution < 1.29 is 9.53 Å². The van der Waals surface area contributed by atoms with E-state index in [-0.39, 0.29) is 42.8 Å². The number of nitrogens with zero attached hydrogens (tertiary/aromatic N) is 1. The van der Waals surface area contributed by atoms with Gasteiger partial charge in [0, 0.05) is 6.54 Å². The van der Waals surface area contributed by atoms with Gasteiger partial charge in [0.05, 0.1) is 19.2 Å². The maximum Gasteiger partial charge on any atom is 0.237 e. The predicted molar refractivity (Wildman–Crippen MR) is 98.0 cm³/mol. The molecule has 2 rings (SSSR count). The predicted octanol–water partition coefficient (Wildman–Crippen LogP) is 2.01. The van der Waals surface area contributed by atoms with Crippen molar-refractivity contribution in [2.45, 2.75) is 24.9 Å². The number of hydrogen-bond acceptors (Lipinski definition) is 4. The first-order valence-corrected chi connectivity index (χ1v) is 7.43. The number of carbonyl (C=O) groups is 1. The summed E-state index contributed by atoms with van der Waals surface area (Å²) in [6, 6.07) is 8.09. The Morgan fingerprint density at radius 3 is 2.74 bits per heavy atom. The van der Waals surface area contributed by atoms with E-state index in [1.54, 1.807) is 7.11 Å². The molecule has 2 atom stereocenters. The zero-order valence-corrected chi connectivity index (χ0v) is 15.5. The largest absolute Gasteiger partial charge is 0.497 e. The van der Waals surface area contributed by atoms with Crippen LogP contribution in [0.25, 0.3) is 0 Å². The van der Waals surface area contributed by atoms with Crippen LogP contribution >= 0.6 is 24.8 Å². The lowest BCUT2D eigenvalue weighted by atomic mass is 10.1. The van der Waals surface area contributed by atoms with E-state index in [9.17, 15) is 4.79 Å². The van der Waals surface area contributed by atoms with Crippen molar-refractivity contribution in [1.29, 1.82) is 0 Å². The summed E-state index contributed by atoms with van der Waals surface area (Å²) in [6.07, 6.45) is 2.00. The Morgan fingerprint density at radius 1 is 1.43 bits per heavy atom. The number of methoxy groups -OCH3 is 1. The van der Waals surface area contributed by atoms with Crippen molar-refractivity contribution in [3.05, 3.63) is 29.8 Å². The summed E-state index contributed by atoms with van der Waals surface area (Å²) >= 11 is 0. The van der Waals surface area contributed by atoms with Crippen LogP contribution in [0.15, 0.2) is 24.3 Å². The monoisotopic (exact) mass is 363 g/mol. The Morgan fingerprint density at radius 2 is 2.17 bits per heavy atom. The highest BCUT2D eigenvalue weighted by Gasteiger charge is 2.23. The first-order valence-electron chi connectivity index (χ1n) is 7.43. The minimum Gasteiger partial charge on any atom is -0.497 e. The molecule has 1 amide bonds. The molecule has 5 nitrogen and oxygen atoms in total. The number of ether oxygens (including phenoxy) is 1. The van der Waals surface area contributed by atoms with Crippen LogP contribution in [0.3, 0.4) is 0 Å². The van der Waals surface area contributed by atoms with Gasteiger partial charge in [-0.05, 0) is 51.2 Å². The van der Waals surface area contributed by atoms with Crippen molar-refractivity contribution in [2.75, 3.05) is 34.3 Å². The first kappa shape index (κ1) is 22.0. The lowest BCUT2D eigenvalue weighted by Gasteiger charge is -2.26. The number of carbonyl (C=O) groups excluding carboxylic acids is 1. The van der Waals surface area contributed by atoms with Gasteiger partial charge < -0.3 is 20.3 Å². The molecule has 1 heterocycles. The van der Waals surface area contributed by atoms with Crippen molar-refractivity contribution in [3.8, 4) is 5.75 Å². The van der Waals surface area contributed by atoms with E-state index in [0.29, 0.717) is 6.54 Å². The number of benzene rings is 1. The number of halogens is 2. The zero-order chi connectivity index (χ0) is 15.2. The van der Waals surface area contributed by atoms with Crippen LogP contribution in [0, 0.1) is 0 Å². The summed E-state index contributed by atoms with van der Waals surface area (Å²) in [5.74, 6) is 0.936. The van der Waals surface area contributed by atoms with Gasteiger partial charge in [-0.3, -0.25) is 4.79 Å². The second-order valence-electron chi connectivity index (χ2n) is 5.65. The molecule has 2 N–H and O–H groups in total. The van der Waals surface area contributed by atoms with Crippen molar-refractivity contribution in [1.82, 2.24) is 15.5 Å². The summed E-state index contributed by atoms with van der Waals surface area (Å²) in [5.41, 5.74) is 1.14. The standard InChI is InChI=1S/C16H25N3O2.2ClH/c1-19(2)15(12-6-4-7-13(10-12)21-3)11-18-16(20)14-8-5-9-17-14;;/h4,6-7,10,14-15,17H,5,8-9,11H2,1-3H3,(H,18,20);2*1H/t14-,15?;;/m0../s1. The summed E-state index contributed by atoms with van der Waals surface area (Å²) < 4.78 is 5.28. The Labute approximate surface area is 151 Å². The van der Waals surface area contributed by atoms with E-state index in [2.05, 4.69) is 21.6 Å². The molecule has 1 saturated heterocycles. The molecule has 0 spiro atoms. The number of likely N-dealkylation sites (N-methyl/N-ethyl adjacent to an activating group) is 1. The van der Waals surface area contributed by atoms with Gasteiger partial charge in [-0.1, -0.05) is 12.1 Å². The number of nitrogens with one attached hydrogen (secondary N) is 2. The highest BCUT2D eigenvalue weighted by atomic mass is 35.5. The van der Waals surface area contributed by atoms with Gasteiger partial charge in [-0.25, -0.2) is 0 Å². The SMILES string of the molecule is COc1cccc(C(CNC(=O)[C@@H]2CCCN2)N(C)C)c1.Cl.Cl. The second kappa shape index (κ2) is 10.7. The Balaban J connectivity index is 0.00000242. The average Bonchev–Trinajstić information content (AvgIpc) is 3.01. The number of hydrogen-bond donors (Lipinski definition) is 2. The summed E-state index contributed by atoms with van der Waals surface area (Å²) in [6.45, 7) is 1.53. The van der Waals surface area contributed by atoms with Crippen LogP contribution in [-0.2, 0) is 4.79 Å². The van der Waals surface area contributed by atoms with E-state index >= 15 is 0 Å². The van der Waals surface area contributed by atoms with Crippen LogP contribution in [0.4, 0.5) is 0 Å². The van der Waals surface area contributed by atoms with Crippen LogP contribution in [0.1, 0.15) is 24.4 Å². The van der Waals surface area contributed by atoms with Gasteiger partial charge in [0.2, 0.25) is 5.91 Å². The molecule has 0 aromatic heterocycles. The Bertz CT molecular complexity index is 480. The van der Waals surface area contributed by atoms with Gasteiger partial charge in [-0.2, -0.15) is 0 Å². The summed E-state index contributed by atoms with van der Waals surface area (Å²) in [7, 11) is 5.70. The molecule has 1 aromatic rings. The van der Waals surface area contributed by atoms with Crippen LogP contribution < -0.4 is 15.4 Å². The van der Waals surface area contributed by atoms with E-state index in [1.807, 2.05) is 32.3 Å². The van der Waals surface area contributed by atoms with Crippen molar-refractivity contribution >= 4 is 30.7 Å². The van der Waals surface area contributed by atoms with Crippen molar-refractivity contribution in [3.63, 3.8) is 0 Å². The molecule has 0 aliphatic carbocycles. The summed E-state index contributed by atoms with van der Waals surface area (Å²) in [4.78, 5) is 14.2. The van der Waals surface area contributed by atoms with Gasteiger partial charge in [0.25, 0.3) is 0 Å². The highest BCUT2D eigenvalue weighted by Crippen LogP contribution is 2.22. The third kappa shape index (κ3) is 6.18. The van der Waals surface area contributed by atoms with E-state index in [1.165, 1.54) is 0 Å². The molecule has 23 heavy (non-hydrogen) atoms. The van der Waals surface area contributed by atoms with E-state index in [0.717, 1.165) is 30.7 Å². The van der Waals surface area contributed by atoms with Crippen LogP contribution in [0.5, 0.6) is 5.75 Å². The van der Waals surface area contributed by atoms with Crippen LogP contribution in [-0.4, -0.2) is 51.1 Å². The lowest BCUT2D eigenvalue weighted by molar-refractivity contribution is -0.123. The second-order valence-corrected chi connectivity index (χ2v) is 5.65. The molecule has 0 bridgehead atoms. The average molecular weight is 364 g/mol. The number of amides is 1. The fourth-order valence-corrected chi connectivity index (χ4v) is 2.68.